The summed E-state index contributed by atoms with van der Waals surface area (Å²) in [6.07, 6.45) is 1.85. The van der Waals surface area contributed by atoms with Gasteiger partial charge in [0.15, 0.2) is 5.16 Å². The fraction of sp³-hybridized carbons (Fsp3) is 0.208. The predicted octanol–water partition coefficient (Wildman–Crippen LogP) is 4.54. The summed E-state index contributed by atoms with van der Waals surface area (Å²) in [6, 6.07) is 16.1. The molecule has 2 aromatic heterocycles. The van der Waals surface area contributed by atoms with E-state index in [-0.39, 0.29) is 35.6 Å². The number of amides is 1. The molecule has 5 rings (SSSR count). The van der Waals surface area contributed by atoms with Gasteiger partial charge in [0, 0.05) is 0 Å². The highest BCUT2D eigenvalue weighted by atomic mass is 32.2. The average molecular weight is 466 g/mol. The maximum absolute atomic E-state index is 13.3. The standard InChI is InChI=1S/C24H20FN3O2S2/c25-17-8-5-15(6-9-17)13-28-23(30)22-20(11-12-31-22)27-24(28)32-14-21(29)26-19-10-7-16-3-1-2-4-18(16)19/h1-6,8-9,11-12,19H,7,10,13-14H2,(H,26,29)/t19-/m0/s1. The third-order valence-corrected chi connectivity index (χ3v) is 7.45. The molecule has 4 aromatic rings. The minimum Gasteiger partial charge on any atom is -0.349 e. The van der Waals surface area contributed by atoms with Crippen LogP contribution in [0, 0.1) is 5.82 Å². The number of aryl methyl sites for hydroxylation is 1. The molecule has 5 nitrogen and oxygen atoms in total. The molecule has 32 heavy (non-hydrogen) atoms. The van der Waals surface area contributed by atoms with Crippen LogP contribution < -0.4 is 10.9 Å². The number of thioether (sulfide) groups is 1. The Morgan fingerprint density at radius 1 is 1.19 bits per heavy atom. The number of hydrogen-bond acceptors (Lipinski definition) is 5. The zero-order valence-electron chi connectivity index (χ0n) is 17.1. The molecule has 1 atom stereocenters. The van der Waals surface area contributed by atoms with E-state index in [1.807, 2.05) is 23.6 Å². The molecule has 1 amide bonds. The van der Waals surface area contributed by atoms with Crippen LogP contribution in [0.1, 0.15) is 29.2 Å². The van der Waals surface area contributed by atoms with Crippen molar-refractivity contribution in [3.05, 3.63) is 92.8 Å². The second kappa shape index (κ2) is 8.88. The normalized spacial score (nSPS) is 15.1. The van der Waals surface area contributed by atoms with Crippen LogP contribution >= 0.6 is 23.1 Å². The summed E-state index contributed by atoms with van der Waals surface area (Å²) < 4.78 is 15.4. The van der Waals surface area contributed by atoms with Crippen LogP contribution in [0.15, 0.2) is 69.9 Å². The number of rotatable bonds is 6. The van der Waals surface area contributed by atoms with E-state index in [2.05, 4.69) is 22.4 Å². The molecule has 0 spiro atoms. The molecule has 162 valence electrons. The van der Waals surface area contributed by atoms with Crippen molar-refractivity contribution in [3.8, 4) is 0 Å². The number of nitrogens with zero attached hydrogens (tertiary/aromatic N) is 2. The molecule has 0 fully saturated rings. The van der Waals surface area contributed by atoms with E-state index in [4.69, 9.17) is 0 Å². The van der Waals surface area contributed by atoms with Crippen molar-refractivity contribution < 1.29 is 9.18 Å². The Morgan fingerprint density at radius 3 is 2.84 bits per heavy atom. The molecule has 8 heteroatoms. The fourth-order valence-electron chi connectivity index (χ4n) is 4.02. The Kier molecular flexibility index (Phi) is 5.80. The number of thiophene rings is 1. The van der Waals surface area contributed by atoms with Crippen LogP contribution in [-0.2, 0) is 17.8 Å². The number of carbonyl (C=O) groups excluding carboxylic acids is 1. The minimum absolute atomic E-state index is 0.0213. The zero-order chi connectivity index (χ0) is 22.1. The van der Waals surface area contributed by atoms with Gasteiger partial charge >= 0.3 is 0 Å². The lowest BCUT2D eigenvalue weighted by molar-refractivity contribution is -0.119. The molecule has 0 radical (unpaired) electrons. The number of benzene rings is 2. The van der Waals surface area contributed by atoms with E-state index in [1.54, 1.807) is 16.7 Å². The van der Waals surface area contributed by atoms with Gasteiger partial charge in [0.1, 0.15) is 10.5 Å². The third-order valence-electron chi connectivity index (χ3n) is 5.59. The predicted molar refractivity (Wildman–Crippen MR) is 126 cm³/mol. The second-order valence-electron chi connectivity index (χ2n) is 7.69. The summed E-state index contributed by atoms with van der Waals surface area (Å²) in [4.78, 5) is 30.4. The van der Waals surface area contributed by atoms with Crippen LogP contribution in [0.5, 0.6) is 0 Å². The third kappa shape index (κ3) is 4.20. The number of fused-ring (bicyclic) bond motifs is 2. The molecule has 1 aliphatic carbocycles. The highest BCUT2D eigenvalue weighted by molar-refractivity contribution is 7.99. The Labute approximate surface area is 192 Å². The summed E-state index contributed by atoms with van der Waals surface area (Å²) in [7, 11) is 0. The SMILES string of the molecule is O=C(CSc1nc2ccsc2c(=O)n1Cc1ccc(F)cc1)N[C@H]1CCc2ccccc21. The van der Waals surface area contributed by atoms with Gasteiger partial charge in [-0.3, -0.25) is 14.2 Å². The molecular formula is C24H20FN3O2S2. The lowest BCUT2D eigenvalue weighted by Gasteiger charge is -2.15. The maximum atomic E-state index is 13.3. The van der Waals surface area contributed by atoms with Gasteiger partial charge in [0.05, 0.1) is 23.9 Å². The number of aromatic nitrogens is 2. The Hall–Kier alpha value is -2.97. The molecule has 0 unspecified atom stereocenters. The molecular weight excluding hydrogens is 445 g/mol. The summed E-state index contributed by atoms with van der Waals surface area (Å²) in [5, 5.41) is 5.43. The molecule has 1 aliphatic rings. The van der Waals surface area contributed by atoms with Crippen LogP contribution in [-0.4, -0.2) is 21.2 Å². The van der Waals surface area contributed by atoms with E-state index in [9.17, 15) is 14.0 Å². The molecule has 1 N–H and O–H groups in total. The van der Waals surface area contributed by atoms with Crippen molar-refractivity contribution in [2.45, 2.75) is 30.6 Å². The van der Waals surface area contributed by atoms with E-state index < -0.39 is 0 Å². The first-order valence-electron chi connectivity index (χ1n) is 10.3. The van der Waals surface area contributed by atoms with Crippen LogP contribution in [0.4, 0.5) is 4.39 Å². The summed E-state index contributed by atoms with van der Waals surface area (Å²) in [6.45, 7) is 0.264. The van der Waals surface area contributed by atoms with Crippen molar-refractivity contribution >= 4 is 39.2 Å². The molecule has 0 bridgehead atoms. The van der Waals surface area contributed by atoms with Gasteiger partial charge in [-0.2, -0.15) is 0 Å². The first-order chi connectivity index (χ1) is 15.6. The molecule has 2 aromatic carbocycles. The van der Waals surface area contributed by atoms with Crippen molar-refractivity contribution in [3.63, 3.8) is 0 Å². The largest absolute Gasteiger partial charge is 0.349 e. The van der Waals surface area contributed by atoms with Crippen molar-refractivity contribution in [1.29, 1.82) is 0 Å². The van der Waals surface area contributed by atoms with Crippen LogP contribution in [0.25, 0.3) is 10.2 Å². The number of carbonyl (C=O) groups is 1. The Balaban J connectivity index is 1.35. The van der Waals surface area contributed by atoms with Gasteiger partial charge in [0.2, 0.25) is 5.91 Å². The monoisotopic (exact) mass is 465 g/mol. The van der Waals surface area contributed by atoms with Gasteiger partial charge in [-0.15, -0.1) is 11.3 Å². The van der Waals surface area contributed by atoms with E-state index >= 15 is 0 Å². The zero-order valence-corrected chi connectivity index (χ0v) is 18.7. The quantitative estimate of drug-likeness (QED) is 0.335. The van der Waals surface area contributed by atoms with Crippen molar-refractivity contribution in [1.82, 2.24) is 14.9 Å². The minimum atomic E-state index is -0.326. The summed E-state index contributed by atoms with van der Waals surface area (Å²) in [5.74, 6) is -0.262. The number of nitrogens with one attached hydrogen (secondary N) is 1. The highest BCUT2D eigenvalue weighted by Gasteiger charge is 2.23. The van der Waals surface area contributed by atoms with Crippen molar-refractivity contribution in [2.24, 2.45) is 0 Å². The molecule has 0 aliphatic heterocycles. The molecule has 0 saturated heterocycles. The Bertz CT molecular complexity index is 1350. The van der Waals surface area contributed by atoms with Crippen molar-refractivity contribution in [2.75, 3.05) is 5.75 Å². The van der Waals surface area contributed by atoms with Gasteiger partial charge in [-0.25, -0.2) is 9.37 Å². The highest BCUT2D eigenvalue weighted by Crippen LogP contribution is 2.31. The fourth-order valence-corrected chi connectivity index (χ4v) is 5.61. The first-order valence-corrected chi connectivity index (χ1v) is 12.2. The van der Waals surface area contributed by atoms with Gasteiger partial charge < -0.3 is 5.32 Å². The smallest absolute Gasteiger partial charge is 0.272 e. The lowest BCUT2D eigenvalue weighted by Crippen LogP contribution is -2.29. The lowest BCUT2D eigenvalue weighted by atomic mass is 10.1. The topological polar surface area (TPSA) is 64.0 Å². The maximum Gasteiger partial charge on any atom is 0.272 e. The molecule has 2 heterocycles. The van der Waals surface area contributed by atoms with E-state index in [1.165, 1.54) is 46.4 Å². The van der Waals surface area contributed by atoms with E-state index in [0.717, 1.165) is 18.4 Å². The van der Waals surface area contributed by atoms with Gasteiger partial charge in [-0.05, 0) is 53.1 Å². The number of halogens is 1. The van der Waals surface area contributed by atoms with Gasteiger partial charge in [-0.1, -0.05) is 48.2 Å². The summed E-state index contributed by atoms with van der Waals surface area (Å²) >= 11 is 2.59. The Morgan fingerprint density at radius 2 is 2.00 bits per heavy atom. The number of hydrogen-bond donors (Lipinski definition) is 1. The molecule has 0 saturated carbocycles. The first kappa shape index (κ1) is 20.9. The second-order valence-corrected chi connectivity index (χ2v) is 9.55. The average Bonchev–Trinajstić information content (AvgIpc) is 3.43. The van der Waals surface area contributed by atoms with Gasteiger partial charge in [0.25, 0.3) is 5.56 Å². The van der Waals surface area contributed by atoms with E-state index in [0.29, 0.717) is 15.4 Å². The summed E-state index contributed by atoms with van der Waals surface area (Å²) in [5.41, 5.74) is 3.73. The van der Waals surface area contributed by atoms with Crippen LogP contribution in [0.3, 0.4) is 0 Å². The van der Waals surface area contributed by atoms with Crippen LogP contribution in [0.2, 0.25) is 0 Å².